The molecule has 0 radical (unpaired) electrons. The summed E-state index contributed by atoms with van der Waals surface area (Å²) in [5.41, 5.74) is 5.27. The third kappa shape index (κ3) is 4.71. The molecule has 1 N–H and O–H groups in total. The van der Waals surface area contributed by atoms with Crippen LogP contribution in [0.4, 0.5) is 0 Å². The topological polar surface area (TPSA) is 46.9 Å². The van der Waals surface area contributed by atoms with Crippen LogP contribution in [0.25, 0.3) is 11.0 Å². The first-order valence-electron chi connectivity index (χ1n) is 10.1. The molecule has 4 nitrogen and oxygen atoms in total. The van der Waals surface area contributed by atoms with E-state index in [-0.39, 0.29) is 5.91 Å². The summed E-state index contributed by atoms with van der Waals surface area (Å²) in [6.45, 7) is 3.49. The van der Waals surface area contributed by atoms with Crippen LogP contribution in [-0.2, 0) is 13.0 Å². The molecule has 0 spiro atoms. The number of nitrogens with one attached hydrogen (secondary N) is 1. The van der Waals surface area contributed by atoms with Gasteiger partial charge in [0.2, 0.25) is 0 Å². The summed E-state index contributed by atoms with van der Waals surface area (Å²) in [6.07, 6.45) is 1.61. The van der Waals surface area contributed by atoms with Gasteiger partial charge in [0.05, 0.1) is 11.0 Å². The summed E-state index contributed by atoms with van der Waals surface area (Å²) in [5, 5.41) is 3.60. The molecule has 0 atom stereocenters. The maximum atomic E-state index is 12.3. The summed E-state index contributed by atoms with van der Waals surface area (Å²) < 4.78 is 2.28. The van der Waals surface area contributed by atoms with Crippen LogP contribution in [0.3, 0.4) is 0 Å². The first-order chi connectivity index (χ1) is 14.6. The summed E-state index contributed by atoms with van der Waals surface area (Å²) in [7, 11) is 0. The Morgan fingerprint density at radius 2 is 1.83 bits per heavy atom. The second-order valence-corrected chi connectivity index (χ2v) is 7.89. The third-order valence-electron chi connectivity index (χ3n) is 5.13. The van der Waals surface area contributed by atoms with Crippen molar-refractivity contribution in [3.05, 3.63) is 100 Å². The highest BCUT2D eigenvalue weighted by Gasteiger charge is 2.11. The summed E-state index contributed by atoms with van der Waals surface area (Å²) >= 11 is 5.88. The van der Waals surface area contributed by atoms with Gasteiger partial charge in [0.1, 0.15) is 5.82 Å². The minimum Gasteiger partial charge on any atom is -0.352 e. The Hall–Kier alpha value is -3.11. The monoisotopic (exact) mass is 417 g/mol. The molecule has 1 heterocycles. The van der Waals surface area contributed by atoms with Crippen molar-refractivity contribution in [2.75, 3.05) is 6.54 Å². The predicted octanol–water partition coefficient (Wildman–Crippen LogP) is 5.41. The zero-order valence-corrected chi connectivity index (χ0v) is 17.7. The molecule has 0 unspecified atom stereocenters. The molecule has 30 heavy (non-hydrogen) atoms. The molecule has 4 rings (SSSR count). The number of benzene rings is 3. The Kier molecular flexibility index (Phi) is 6.15. The van der Waals surface area contributed by atoms with Crippen molar-refractivity contribution in [3.8, 4) is 0 Å². The Morgan fingerprint density at radius 1 is 1.03 bits per heavy atom. The predicted molar refractivity (Wildman–Crippen MR) is 122 cm³/mol. The summed E-state index contributed by atoms with van der Waals surface area (Å²) in [4.78, 5) is 17.1. The van der Waals surface area contributed by atoms with Crippen molar-refractivity contribution in [2.24, 2.45) is 0 Å². The maximum Gasteiger partial charge on any atom is 0.251 e. The Labute approximate surface area is 181 Å². The van der Waals surface area contributed by atoms with Gasteiger partial charge in [-0.25, -0.2) is 4.98 Å². The van der Waals surface area contributed by atoms with Gasteiger partial charge in [-0.05, 0) is 55.3 Å². The smallest absolute Gasteiger partial charge is 0.251 e. The third-order valence-corrected chi connectivity index (χ3v) is 5.38. The van der Waals surface area contributed by atoms with Crippen molar-refractivity contribution < 1.29 is 4.79 Å². The highest BCUT2D eigenvalue weighted by Crippen LogP contribution is 2.19. The van der Waals surface area contributed by atoms with Crippen molar-refractivity contribution in [1.82, 2.24) is 14.9 Å². The van der Waals surface area contributed by atoms with Crippen molar-refractivity contribution >= 4 is 28.5 Å². The highest BCUT2D eigenvalue weighted by atomic mass is 35.5. The number of fused-ring (bicyclic) bond motifs is 1. The first kappa shape index (κ1) is 20.2. The van der Waals surface area contributed by atoms with Crippen LogP contribution in [-0.4, -0.2) is 22.0 Å². The molecule has 0 aliphatic heterocycles. The van der Waals surface area contributed by atoms with E-state index in [1.54, 1.807) is 24.3 Å². The molecule has 5 heteroatoms. The van der Waals surface area contributed by atoms with Crippen LogP contribution in [0, 0.1) is 6.92 Å². The van der Waals surface area contributed by atoms with Gasteiger partial charge in [0.15, 0.2) is 0 Å². The normalized spacial score (nSPS) is 11.0. The molecule has 1 amide bonds. The molecule has 152 valence electrons. The fourth-order valence-corrected chi connectivity index (χ4v) is 3.76. The van der Waals surface area contributed by atoms with Crippen LogP contribution < -0.4 is 5.32 Å². The Bertz CT molecular complexity index is 1160. The summed E-state index contributed by atoms with van der Waals surface area (Å²) in [6, 6.07) is 23.7. The number of hydrogen-bond acceptors (Lipinski definition) is 2. The minimum absolute atomic E-state index is 0.0834. The zero-order chi connectivity index (χ0) is 20.9. The largest absolute Gasteiger partial charge is 0.352 e. The average Bonchev–Trinajstić information content (AvgIpc) is 3.09. The lowest BCUT2D eigenvalue weighted by Crippen LogP contribution is -2.25. The van der Waals surface area contributed by atoms with Gasteiger partial charge in [-0.2, -0.15) is 0 Å². The lowest BCUT2D eigenvalue weighted by Gasteiger charge is -2.11. The Morgan fingerprint density at radius 3 is 2.63 bits per heavy atom. The average molecular weight is 418 g/mol. The van der Waals surface area contributed by atoms with Crippen LogP contribution in [0.2, 0.25) is 5.02 Å². The zero-order valence-electron chi connectivity index (χ0n) is 16.9. The minimum atomic E-state index is -0.0834. The highest BCUT2D eigenvalue weighted by molar-refractivity contribution is 6.30. The first-order valence-corrected chi connectivity index (χ1v) is 10.5. The molecule has 0 aliphatic rings. The van der Waals surface area contributed by atoms with Crippen molar-refractivity contribution in [1.29, 1.82) is 0 Å². The molecule has 1 aromatic heterocycles. The maximum absolute atomic E-state index is 12.3. The van der Waals surface area contributed by atoms with Gasteiger partial charge in [-0.1, -0.05) is 53.6 Å². The van der Waals surface area contributed by atoms with Crippen LogP contribution in [0.5, 0.6) is 0 Å². The van der Waals surface area contributed by atoms with E-state index in [1.165, 1.54) is 11.1 Å². The number of carbonyl (C=O) groups is 1. The number of nitrogens with zero attached hydrogens (tertiary/aromatic N) is 2. The fraction of sp³-hybridized carbons (Fsp3) is 0.200. The van der Waals surface area contributed by atoms with Gasteiger partial charge in [0.25, 0.3) is 5.91 Å². The molecule has 0 saturated carbocycles. The standard InChI is InChI=1S/C25H24ClN3O/c1-18-6-4-7-19(16-18)17-29-23-9-3-2-8-22(23)28-24(29)10-5-15-27-25(30)20-11-13-21(26)14-12-20/h2-4,6-9,11-14,16H,5,10,15,17H2,1H3,(H,27,30). The quantitative estimate of drug-likeness (QED) is 0.409. The number of rotatable bonds is 7. The van der Waals surface area contributed by atoms with Crippen LogP contribution in [0.15, 0.2) is 72.8 Å². The van der Waals surface area contributed by atoms with E-state index in [0.717, 1.165) is 36.2 Å². The number of aryl methyl sites for hydroxylation is 2. The number of amides is 1. The molecule has 3 aromatic carbocycles. The van der Waals surface area contributed by atoms with Crippen LogP contribution in [0.1, 0.15) is 33.7 Å². The molecular formula is C25H24ClN3O. The summed E-state index contributed by atoms with van der Waals surface area (Å²) in [5.74, 6) is 0.957. The van der Waals surface area contributed by atoms with Gasteiger partial charge < -0.3 is 9.88 Å². The van der Waals surface area contributed by atoms with Gasteiger partial charge >= 0.3 is 0 Å². The second-order valence-electron chi connectivity index (χ2n) is 7.46. The molecule has 0 aliphatic carbocycles. The number of imidazole rings is 1. The molecule has 4 aromatic rings. The Balaban J connectivity index is 1.44. The lowest BCUT2D eigenvalue weighted by molar-refractivity contribution is 0.0953. The lowest BCUT2D eigenvalue weighted by atomic mass is 10.1. The molecule has 0 saturated heterocycles. The molecule has 0 bridgehead atoms. The van der Waals surface area contributed by atoms with E-state index in [2.05, 4.69) is 47.1 Å². The van der Waals surface area contributed by atoms with E-state index in [0.29, 0.717) is 17.1 Å². The molecular weight excluding hydrogens is 394 g/mol. The van der Waals surface area contributed by atoms with Crippen LogP contribution >= 0.6 is 11.6 Å². The van der Waals surface area contributed by atoms with E-state index in [4.69, 9.17) is 16.6 Å². The number of aromatic nitrogens is 2. The van der Waals surface area contributed by atoms with Crippen molar-refractivity contribution in [2.45, 2.75) is 26.3 Å². The SMILES string of the molecule is Cc1cccc(Cn2c(CCCNC(=O)c3ccc(Cl)cc3)nc3ccccc32)c1. The van der Waals surface area contributed by atoms with E-state index < -0.39 is 0 Å². The van der Waals surface area contributed by atoms with E-state index in [9.17, 15) is 4.79 Å². The molecule has 0 fully saturated rings. The number of hydrogen-bond donors (Lipinski definition) is 1. The van der Waals surface area contributed by atoms with Crippen molar-refractivity contribution in [3.63, 3.8) is 0 Å². The number of carbonyl (C=O) groups excluding carboxylic acids is 1. The second kappa shape index (κ2) is 9.14. The van der Waals surface area contributed by atoms with Gasteiger partial charge in [-0.15, -0.1) is 0 Å². The van der Waals surface area contributed by atoms with Gasteiger partial charge in [0, 0.05) is 30.1 Å². The van der Waals surface area contributed by atoms with E-state index in [1.807, 2.05) is 18.2 Å². The number of para-hydroxylation sites is 2. The van der Waals surface area contributed by atoms with E-state index >= 15 is 0 Å². The fourth-order valence-electron chi connectivity index (χ4n) is 3.64. The number of halogens is 1. The van der Waals surface area contributed by atoms with Gasteiger partial charge in [-0.3, -0.25) is 4.79 Å².